The molecule has 0 aliphatic carbocycles. The van der Waals surface area contributed by atoms with Crippen molar-refractivity contribution in [3.05, 3.63) is 30.1 Å². The fourth-order valence-corrected chi connectivity index (χ4v) is 4.15. The summed E-state index contributed by atoms with van der Waals surface area (Å²) >= 11 is 0. The van der Waals surface area contributed by atoms with Crippen LogP contribution in [-0.2, 0) is 26.0 Å². The van der Waals surface area contributed by atoms with Crippen molar-refractivity contribution in [1.29, 1.82) is 0 Å². The Kier molecular flexibility index (Phi) is 5.70. The van der Waals surface area contributed by atoms with Crippen molar-refractivity contribution >= 4 is 21.7 Å². The first kappa shape index (κ1) is 17.4. The quantitative estimate of drug-likeness (QED) is 0.794. The van der Waals surface area contributed by atoms with Gasteiger partial charge in [-0.3, -0.25) is 14.6 Å². The number of nitrogens with one attached hydrogen (secondary N) is 1. The monoisotopic (exact) mass is 339 g/mol. The molecular weight excluding hydrogens is 318 g/mol. The van der Waals surface area contributed by atoms with Crippen LogP contribution in [0, 0.1) is 0 Å². The number of carbonyl (C=O) groups is 2. The Labute approximate surface area is 136 Å². The van der Waals surface area contributed by atoms with E-state index in [0.717, 1.165) is 5.69 Å². The summed E-state index contributed by atoms with van der Waals surface area (Å²) in [5.41, 5.74) is 0.755. The lowest BCUT2D eigenvalue weighted by atomic mass is 10.2. The minimum absolute atomic E-state index is 0.00307. The molecule has 1 aromatic rings. The number of sulfone groups is 1. The molecule has 23 heavy (non-hydrogen) atoms. The molecule has 8 heteroatoms. The van der Waals surface area contributed by atoms with Gasteiger partial charge in [0.15, 0.2) is 9.84 Å². The van der Waals surface area contributed by atoms with Gasteiger partial charge in [-0.15, -0.1) is 0 Å². The van der Waals surface area contributed by atoms with Gasteiger partial charge in [0.25, 0.3) is 0 Å². The summed E-state index contributed by atoms with van der Waals surface area (Å²) in [5, 5.41) is 2.72. The fourth-order valence-electron chi connectivity index (χ4n) is 2.48. The van der Waals surface area contributed by atoms with Crippen LogP contribution in [0.4, 0.5) is 0 Å². The molecule has 7 nitrogen and oxygen atoms in total. The number of carbonyl (C=O) groups excluding carboxylic acids is 2. The maximum atomic E-state index is 11.9. The molecule has 1 saturated heterocycles. The van der Waals surface area contributed by atoms with Gasteiger partial charge >= 0.3 is 0 Å². The van der Waals surface area contributed by atoms with Gasteiger partial charge in [-0.25, -0.2) is 8.42 Å². The average Bonchev–Trinajstić information content (AvgIpc) is 2.83. The highest BCUT2D eigenvalue weighted by Gasteiger charge is 2.28. The highest BCUT2D eigenvalue weighted by molar-refractivity contribution is 7.91. The summed E-state index contributed by atoms with van der Waals surface area (Å²) in [6.45, 7) is 2.07. The summed E-state index contributed by atoms with van der Waals surface area (Å²) in [6, 6.07) is 5.15. The predicted octanol–water partition coefficient (Wildman–Crippen LogP) is 0.124. The van der Waals surface area contributed by atoms with Crippen molar-refractivity contribution in [3.63, 3.8) is 0 Å². The predicted molar refractivity (Wildman–Crippen MR) is 85.1 cm³/mol. The van der Waals surface area contributed by atoms with Crippen LogP contribution in [0.1, 0.15) is 25.5 Å². The molecule has 1 unspecified atom stereocenters. The summed E-state index contributed by atoms with van der Waals surface area (Å²) in [4.78, 5) is 29.3. The highest BCUT2D eigenvalue weighted by Crippen LogP contribution is 2.11. The number of aromatic nitrogens is 1. The Hall–Kier alpha value is -1.96. The van der Waals surface area contributed by atoms with Crippen molar-refractivity contribution in [2.24, 2.45) is 0 Å². The van der Waals surface area contributed by atoms with Crippen molar-refractivity contribution in [1.82, 2.24) is 15.2 Å². The van der Waals surface area contributed by atoms with E-state index in [9.17, 15) is 18.0 Å². The Bertz CT molecular complexity index is 661. The molecule has 1 aliphatic rings. The van der Waals surface area contributed by atoms with Crippen LogP contribution in [0.15, 0.2) is 24.4 Å². The summed E-state index contributed by atoms with van der Waals surface area (Å²) < 4.78 is 22.7. The lowest BCUT2D eigenvalue weighted by Gasteiger charge is -2.21. The normalized spacial score (nSPS) is 19.3. The minimum atomic E-state index is -3.01. The van der Waals surface area contributed by atoms with Gasteiger partial charge in [0, 0.05) is 32.1 Å². The molecular formula is C15H21N3O4S. The third-order valence-electron chi connectivity index (χ3n) is 3.73. The van der Waals surface area contributed by atoms with Gasteiger partial charge in [0.2, 0.25) is 11.8 Å². The van der Waals surface area contributed by atoms with Crippen LogP contribution in [0.25, 0.3) is 0 Å². The van der Waals surface area contributed by atoms with E-state index in [4.69, 9.17) is 0 Å². The lowest BCUT2D eigenvalue weighted by Crippen LogP contribution is -2.38. The van der Waals surface area contributed by atoms with E-state index in [1.807, 2.05) is 12.1 Å². The highest BCUT2D eigenvalue weighted by atomic mass is 32.2. The van der Waals surface area contributed by atoms with E-state index in [0.29, 0.717) is 13.0 Å². The van der Waals surface area contributed by atoms with Crippen LogP contribution in [0.2, 0.25) is 0 Å². The molecule has 0 spiro atoms. The maximum absolute atomic E-state index is 11.9. The zero-order valence-electron chi connectivity index (χ0n) is 13.1. The molecule has 126 valence electrons. The van der Waals surface area contributed by atoms with Gasteiger partial charge in [0.05, 0.1) is 23.7 Å². The number of hydrogen-bond acceptors (Lipinski definition) is 5. The van der Waals surface area contributed by atoms with Crippen molar-refractivity contribution in [3.8, 4) is 0 Å². The van der Waals surface area contributed by atoms with Gasteiger partial charge in [-0.05, 0) is 18.6 Å². The van der Waals surface area contributed by atoms with Crippen LogP contribution in [-0.4, -0.2) is 54.2 Å². The standard InChI is InChI=1S/C15H21N3O4S/c1-12(19)18(10-13-4-2-3-7-16-13)8-5-15(20)17-14-6-9-23(21,22)11-14/h2-4,7,14H,5-6,8-11H2,1H3,(H,17,20). The Balaban J connectivity index is 1.82. The third kappa shape index (κ3) is 5.63. The van der Waals surface area contributed by atoms with E-state index < -0.39 is 9.84 Å². The molecule has 2 amide bonds. The third-order valence-corrected chi connectivity index (χ3v) is 5.50. The first-order valence-electron chi connectivity index (χ1n) is 7.51. The molecule has 0 bridgehead atoms. The summed E-state index contributed by atoms with van der Waals surface area (Å²) in [6.07, 6.45) is 2.25. The number of hydrogen-bond donors (Lipinski definition) is 1. The SMILES string of the molecule is CC(=O)N(CCC(=O)NC1CCS(=O)(=O)C1)Cc1ccccn1. The second-order valence-electron chi connectivity index (χ2n) is 5.68. The van der Waals surface area contributed by atoms with E-state index in [1.54, 1.807) is 17.2 Å². The van der Waals surface area contributed by atoms with Gasteiger partial charge in [-0.1, -0.05) is 6.07 Å². The van der Waals surface area contributed by atoms with Crippen molar-refractivity contribution < 1.29 is 18.0 Å². The molecule has 1 aromatic heterocycles. The fraction of sp³-hybridized carbons (Fsp3) is 0.533. The Morgan fingerprint density at radius 3 is 2.74 bits per heavy atom. The minimum Gasteiger partial charge on any atom is -0.352 e. The molecule has 2 heterocycles. The number of pyridine rings is 1. The zero-order valence-corrected chi connectivity index (χ0v) is 13.9. The maximum Gasteiger partial charge on any atom is 0.222 e. The van der Waals surface area contributed by atoms with Gasteiger partial charge in [0.1, 0.15) is 0 Å². The van der Waals surface area contributed by atoms with Crippen LogP contribution < -0.4 is 5.32 Å². The first-order chi connectivity index (χ1) is 10.9. The zero-order chi connectivity index (χ0) is 16.9. The van der Waals surface area contributed by atoms with Gasteiger partial charge in [-0.2, -0.15) is 0 Å². The Morgan fingerprint density at radius 1 is 1.39 bits per heavy atom. The van der Waals surface area contributed by atoms with E-state index >= 15 is 0 Å². The molecule has 1 aliphatic heterocycles. The number of rotatable bonds is 6. The van der Waals surface area contributed by atoms with E-state index in [2.05, 4.69) is 10.3 Å². The smallest absolute Gasteiger partial charge is 0.222 e. The van der Waals surface area contributed by atoms with Gasteiger partial charge < -0.3 is 10.2 Å². The number of nitrogens with zero attached hydrogens (tertiary/aromatic N) is 2. The van der Waals surface area contributed by atoms with Crippen LogP contribution >= 0.6 is 0 Å². The molecule has 1 N–H and O–H groups in total. The molecule has 1 fully saturated rings. The second kappa shape index (κ2) is 7.54. The summed E-state index contributed by atoms with van der Waals surface area (Å²) in [5.74, 6) is -0.244. The average molecular weight is 339 g/mol. The molecule has 1 atom stereocenters. The van der Waals surface area contributed by atoms with Crippen molar-refractivity contribution in [2.75, 3.05) is 18.1 Å². The lowest BCUT2D eigenvalue weighted by molar-refractivity contribution is -0.130. The summed E-state index contributed by atoms with van der Waals surface area (Å²) in [7, 11) is -3.01. The molecule has 0 saturated carbocycles. The molecule has 2 rings (SSSR count). The van der Waals surface area contributed by atoms with Crippen molar-refractivity contribution in [2.45, 2.75) is 32.4 Å². The van der Waals surface area contributed by atoms with E-state index in [1.165, 1.54) is 6.92 Å². The second-order valence-corrected chi connectivity index (χ2v) is 7.91. The first-order valence-corrected chi connectivity index (χ1v) is 9.33. The topological polar surface area (TPSA) is 96.4 Å². The largest absolute Gasteiger partial charge is 0.352 e. The van der Waals surface area contributed by atoms with E-state index in [-0.39, 0.29) is 42.3 Å². The van der Waals surface area contributed by atoms with Crippen LogP contribution in [0.5, 0.6) is 0 Å². The Morgan fingerprint density at radius 2 is 2.17 bits per heavy atom. The molecule has 0 radical (unpaired) electrons. The van der Waals surface area contributed by atoms with Crippen LogP contribution in [0.3, 0.4) is 0 Å². The molecule has 0 aromatic carbocycles. The number of amides is 2.